The minimum absolute atomic E-state index is 0. The Balaban J connectivity index is 0.00000110. The maximum atomic E-state index is 4.55. The van der Waals surface area contributed by atoms with Gasteiger partial charge in [-0.05, 0) is 30.7 Å². The third-order valence-corrected chi connectivity index (χ3v) is 4.22. The third kappa shape index (κ3) is 4.30. The second-order valence-corrected chi connectivity index (χ2v) is 6.08. The number of hydrogen-bond acceptors (Lipinski definition) is 3. The topological polar surface area (TPSA) is 28.2 Å². The quantitative estimate of drug-likeness (QED) is 0.845. The first kappa shape index (κ1) is 18.7. The van der Waals surface area contributed by atoms with E-state index in [0.29, 0.717) is 6.04 Å². The van der Waals surface area contributed by atoms with Crippen molar-refractivity contribution in [3.8, 4) is 0 Å². The lowest BCUT2D eigenvalue weighted by Gasteiger charge is -2.34. The summed E-state index contributed by atoms with van der Waals surface area (Å²) in [6.07, 6.45) is 1.88. The Hall–Kier alpha value is -0.390. The molecule has 1 aliphatic heterocycles. The summed E-state index contributed by atoms with van der Waals surface area (Å²) >= 11 is 3.60. The Labute approximate surface area is 146 Å². The smallest absolute Gasteiger partial charge is 0.0747 e. The molecule has 1 aromatic heterocycles. The number of rotatable bonds is 2. The number of piperazine rings is 1. The maximum absolute atomic E-state index is 4.55. The van der Waals surface area contributed by atoms with Gasteiger partial charge in [0, 0.05) is 48.3 Å². The van der Waals surface area contributed by atoms with Crippen molar-refractivity contribution in [3.63, 3.8) is 0 Å². The van der Waals surface area contributed by atoms with Gasteiger partial charge in [0.2, 0.25) is 0 Å². The molecule has 6 heteroatoms. The molecular formula is C15H20BrCl2N3. The lowest BCUT2D eigenvalue weighted by Crippen LogP contribution is -2.49. The summed E-state index contributed by atoms with van der Waals surface area (Å²) in [5.74, 6) is 0. The van der Waals surface area contributed by atoms with Gasteiger partial charge in [0.1, 0.15) is 0 Å². The van der Waals surface area contributed by atoms with E-state index < -0.39 is 0 Å². The molecule has 1 fully saturated rings. The van der Waals surface area contributed by atoms with Crippen molar-refractivity contribution in [2.24, 2.45) is 0 Å². The first-order valence-corrected chi connectivity index (χ1v) is 7.51. The van der Waals surface area contributed by atoms with Gasteiger partial charge in [-0.3, -0.25) is 9.88 Å². The summed E-state index contributed by atoms with van der Waals surface area (Å²) in [7, 11) is 0. The van der Waals surface area contributed by atoms with Gasteiger partial charge >= 0.3 is 0 Å². The first-order chi connectivity index (χ1) is 9.24. The molecule has 1 atom stereocenters. The van der Waals surface area contributed by atoms with E-state index in [1.807, 2.05) is 12.3 Å². The molecule has 0 bridgehead atoms. The minimum atomic E-state index is 0. The monoisotopic (exact) mass is 391 g/mol. The van der Waals surface area contributed by atoms with Gasteiger partial charge in [-0.25, -0.2) is 0 Å². The van der Waals surface area contributed by atoms with E-state index in [1.54, 1.807) is 0 Å². The molecule has 2 heterocycles. The lowest BCUT2D eigenvalue weighted by atomic mass is 10.1. The molecule has 0 spiro atoms. The molecule has 3 nitrogen and oxygen atoms in total. The van der Waals surface area contributed by atoms with Crippen LogP contribution in [0.15, 0.2) is 34.9 Å². The summed E-state index contributed by atoms with van der Waals surface area (Å²) in [6, 6.07) is 9.02. The Morgan fingerprint density at radius 2 is 2.19 bits per heavy atom. The van der Waals surface area contributed by atoms with Crippen LogP contribution in [-0.2, 0) is 6.54 Å². The first-order valence-electron chi connectivity index (χ1n) is 6.72. The van der Waals surface area contributed by atoms with E-state index in [-0.39, 0.29) is 24.8 Å². The molecule has 1 N–H and O–H groups in total. The van der Waals surface area contributed by atoms with Crippen LogP contribution in [-0.4, -0.2) is 35.6 Å². The maximum Gasteiger partial charge on any atom is 0.0747 e. The summed E-state index contributed by atoms with van der Waals surface area (Å²) < 4.78 is 1.13. The zero-order chi connectivity index (χ0) is 13.2. The van der Waals surface area contributed by atoms with Gasteiger partial charge in [-0.15, -0.1) is 24.8 Å². The number of benzene rings is 1. The molecule has 116 valence electrons. The van der Waals surface area contributed by atoms with Crippen molar-refractivity contribution >= 4 is 51.6 Å². The van der Waals surface area contributed by atoms with Crippen molar-refractivity contribution in [2.45, 2.75) is 19.5 Å². The molecule has 1 saturated heterocycles. The van der Waals surface area contributed by atoms with Crippen LogP contribution in [0, 0.1) is 0 Å². The largest absolute Gasteiger partial charge is 0.314 e. The molecule has 0 radical (unpaired) electrons. The summed E-state index contributed by atoms with van der Waals surface area (Å²) in [5.41, 5.74) is 2.43. The summed E-state index contributed by atoms with van der Waals surface area (Å²) in [5, 5.41) is 4.64. The molecule has 21 heavy (non-hydrogen) atoms. The number of fused-ring (bicyclic) bond motifs is 1. The number of pyridine rings is 1. The van der Waals surface area contributed by atoms with Crippen LogP contribution in [0.25, 0.3) is 10.9 Å². The van der Waals surface area contributed by atoms with Crippen molar-refractivity contribution in [1.29, 1.82) is 0 Å². The zero-order valence-electron chi connectivity index (χ0n) is 11.9. The molecular weight excluding hydrogens is 373 g/mol. The number of aromatic nitrogens is 1. The fraction of sp³-hybridized carbons (Fsp3) is 0.400. The predicted octanol–water partition coefficient (Wildman–Crippen LogP) is 3.63. The van der Waals surface area contributed by atoms with Gasteiger partial charge in [0.25, 0.3) is 0 Å². The molecule has 3 rings (SSSR count). The molecule has 0 aliphatic carbocycles. The van der Waals surface area contributed by atoms with Crippen LogP contribution < -0.4 is 5.32 Å². The number of halogens is 3. The molecule has 1 aromatic carbocycles. The standard InChI is InChI=1S/C15H18BrN3.2ClH/c1-11-9-17-5-6-19(11)10-13-8-14(16)7-12-3-2-4-18-15(12)13;;/h2-4,7-8,11,17H,5-6,9-10H2,1H3;2*1H/t11-;;/m1../s1. The number of hydrogen-bond donors (Lipinski definition) is 1. The molecule has 1 aliphatic rings. The Morgan fingerprint density at radius 3 is 2.95 bits per heavy atom. The summed E-state index contributed by atoms with van der Waals surface area (Å²) in [6.45, 7) is 6.49. The fourth-order valence-electron chi connectivity index (χ4n) is 2.68. The van der Waals surface area contributed by atoms with Crippen LogP contribution in [0.3, 0.4) is 0 Å². The van der Waals surface area contributed by atoms with Crippen LogP contribution in [0.5, 0.6) is 0 Å². The summed E-state index contributed by atoms with van der Waals surface area (Å²) in [4.78, 5) is 7.07. The molecule has 0 unspecified atom stereocenters. The van der Waals surface area contributed by atoms with Gasteiger partial charge in [0.15, 0.2) is 0 Å². The van der Waals surface area contributed by atoms with Gasteiger partial charge in [0.05, 0.1) is 5.52 Å². The van der Waals surface area contributed by atoms with E-state index in [1.165, 1.54) is 10.9 Å². The molecule has 0 saturated carbocycles. The highest BCUT2D eigenvalue weighted by Crippen LogP contribution is 2.24. The fourth-order valence-corrected chi connectivity index (χ4v) is 3.21. The zero-order valence-corrected chi connectivity index (χ0v) is 15.1. The van der Waals surface area contributed by atoms with Crippen molar-refractivity contribution in [2.75, 3.05) is 19.6 Å². The van der Waals surface area contributed by atoms with Gasteiger partial charge in [-0.1, -0.05) is 22.0 Å². The van der Waals surface area contributed by atoms with E-state index in [2.05, 4.69) is 56.3 Å². The number of nitrogens with zero attached hydrogens (tertiary/aromatic N) is 2. The van der Waals surface area contributed by atoms with Crippen LogP contribution >= 0.6 is 40.7 Å². The SMILES string of the molecule is C[C@@H]1CNCCN1Cc1cc(Br)cc2cccnc12.Cl.Cl. The van der Waals surface area contributed by atoms with Gasteiger partial charge < -0.3 is 5.32 Å². The van der Waals surface area contributed by atoms with Gasteiger partial charge in [-0.2, -0.15) is 0 Å². The predicted molar refractivity (Wildman–Crippen MR) is 96.7 cm³/mol. The highest BCUT2D eigenvalue weighted by atomic mass is 79.9. The van der Waals surface area contributed by atoms with Crippen LogP contribution in [0.4, 0.5) is 0 Å². The van der Waals surface area contributed by atoms with E-state index in [0.717, 1.165) is 36.2 Å². The van der Waals surface area contributed by atoms with E-state index in [4.69, 9.17) is 0 Å². The molecule has 2 aromatic rings. The Bertz CT molecular complexity index is 594. The van der Waals surface area contributed by atoms with Crippen molar-refractivity contribution in [1.82, 2.24) is 15.2 Å². The minimum Gasteiger partial charge on any atom is -0.314 e. The van der Waals surface area contributed by atoms with E-state index in [9.17, 15) is 0 Å². The van der Waals surface area contributed by atoms with Crippen molar-refractivity contribution in [3.05, 3.63) is 40.5 Å². The number of nitrogens with one attached hydrogen (secondary N) is 1. The van der Waals surface area contributed by atoms with Crippen molar-refractivity contribution < 1.29 is 0 Å². The second kappa shape index (κ2) is 8.30. The van der Waals surface area contributed by atoms with Crippen LogP contribution in [0.2, 0.25) is 0 Å². The Kier molecular flexibility index (Phi) is 7.37. The lowest BCUT2D eigenvalue weighted by molar-refractivity contribution is 0.166. The normalized spacial score (nSPS) is 18.9. The highest BCUT2D eigenvalue weighted by Gasteiger charge is 2.19. The average molecular weight is 393 g/mol. The average Bonchev–Trinajstić information content (AvgIpc) is 2.41. The second-order valence-electron chi connectivity index (χ2n) is 5.16. The van der Waals surface area contributed by atoms with E-state index >= 15 is 0 Å². The molecule has 0 amide bonds. The third-order valence-electron chi connectivity index (χ3n) is 3.76. The highest BCUT2D eigenvalue weighted by molar-refractivity contribution is 9.10. The van der Waals surface area contributed by atoms with Crippen LogP contribution in [0.1, 0.15) is 12.5 Å². The Morgan fingerprint density at radius 1 is 1.38 bits per heavy atom.